The van der Waals surface area contributed by atoms with E-state index in [-0.39, 0.29) is 5.75 Å². The lowest BCUT2D eigenvalue weighted by Gasteiger charge is -2.09. The number of rotatable bonds is 9. The molecule has 0 amide bonds. The Morgan fingerprint density at radius 3 is 2.51 bits per heavy atom. The maximum atomic E-state index is 12.3. The highest BCUT2D eigenvalue weighted by atomic mass is 32.1. The molecule has 0 radical (unpaired) electrons. The molecule has 0 aliphatic rings. The van der Waals surface area contributed by atoms with Gasteiger partial charge in [0, 0.05) is 17.8 Å². The predicted molar refractivity (Wildman–Crippen MR) is 135 cm³/mol. The lowest BCUT2D eigenvalue weighted by atomic mass is 10.1. The van der Waals surface area contributed by atoms with Crippen molar-refractivity contribution in [2.75, 3.05) is 13.2 Å². The molecule has 4 aromatic rings. The summed E-state index contributed by atoms with van der Waals surface area (Å²) in [7, 11) is 0. The topological polar surface area (TPSA) is 98.5 Å². The molecule has 0 saturated carbocycles. The zero-order valence-corrected chi connectivity index (χ0v) is 19.9. The number of aromatic nitrogens is 4. The van der Waals surface area contributed by atoms with Crippen LogP contribution in [0.3, 0.4) is 0 Å². The number of nitrogens with zero attached hydrogens (tertiary/aromatic N) is 5. The highest BCUT2D eigenvalue weighted by molar-refractivity contribution is 7.80. The molecule has 0 saturated heterocycles. The van der Waals surface area contributed by atoms with Gasteiger partial charge in [-0.1, -0.05) is 30.3 Å². The van der Waals surface area contributed by atoms with E-state index in [0.29, 0.717) is 35.7 Å². The summed E-state index contributed by atoms with van der Waals surface area (Å²) in [6.45, 7) is 0.878. The number of benzene rings is 2. The number of ether oxygens (including phenoxy) is 2. The Morgan fingerprint density at radius 1 is 1.03 bits per heavy atom. The van der Waals surface area contributed by atoms with Crippen molar-refractivity contribution in [3.63, 3.8) is 0 Å². The number of nitrogens with one attached hydrogen (secondary N) is 2. The molecule has 0 unspecified atom stereocenters. The average Bonchev–Trinajstić information content (AvgIpc) is 3.38. The minimum Gasteiger partial charge on any atom is -0.476 e. The summed E-state index contributed by atoms with van der Waals surface area (Å²) in [5, 5.41) is 11.8. The number of alkyl halides is 3. The third-order valence-corrected chi connectivity index (χ3v) is 4.89. The van der Waals surface area contributed by atoms with Crippen molar-refractivity contribution in [2.45, 2.75) is 6.36 Å². The van der Waals surface area contributed by atoms with Gasteiger partial charge in [0.25, 0.3) is 0 Å². The molecule has 0 spiro atoms. The van der Waals surface area contributed by atoms with Gasteiger partial charge in [-0.05, 0) is 48.1 Å². The molecule has 2 aromatic heterocycles. The maximum Gasteiger partial charge on any atom is 0.573 e. The smallest absolute Gasteiger partial charge is 0.476 e. The molecule has 2 N–H and O–H groups in total. The fourth-order valence-electron chi connectivity index (χ4n) is 3.00. The van der Waals surface area contributed by atoms with Crippen LogP contribution in [-0.4, -0.2) is 50.6 Å². The van der Waals surface area contributed by atoms with Crippen LogP contribution < -0.4 is 20.2 Å². The Kier molecular flexibility index (Phi) is 8.26. The minimum absolute atomic E-state index is 0.311. The summed E-state index contributed by atoms with van der Waals surface area (Å²) in [6, 6.07) is 18.1. The normalized spacial score (nSPS) is 11.3. The molecule has 9 nitrogen and oxygen atoms in total. The van der Waals surface area contributed by atoms with E-state index in [1.54, 1.807) is 18.5 Å². The summed E-state index contributed by atoms with van der Waals surface area (Å²) in [5.74, 6) is 0.685. The van der Waals surface area contributed by atoms with Crippen LogP contribution in [0.15, 0.2) is 84.4 Å². The van der Waals surface area contributed by atoms with Crippen LogP contribution in [0.1, 0.15) is 5.56 Å². The minimum atomic E-state index is -4.74. The zero-order chi connectivity index (χ0) is 26.1. The molecular weight excluding hydrogens is 507 g/mol. The number of hydrazone groups is 1. The Hall–Kier alpha value is -4.52. The summed E-state index contributed by atoms with van der Waals surface area (Å²) >= 11 is 5.17. The lowest BCUT2D eigenvalue weighted by molar-refractivity contribution is -0.274. The quantitative estimate of drug-likeness (QED) is 0.145. The van der Waals surface area contributed by atoms with Gasteiger partial charge in [0.1, 0.15) is 18.7 Å². The fraction of sp³-hybridized carbons (Fsp3) is 0.125. The van der Waals surface area contributed by atoms with Gasteiger partial charge < -0.3 is 14.8 Å². The molecular formula is C24H20F3N7O2S. The average molecular weight is 528 g/mol. The summed E-state index contributed by atoms with van der Waals surface area (Å²) in [4.78, 5) is 8.33. The van der Waals surface area contributed by atoms with Gasteiger partial charge in [-0.3, -0.25) is 5.43 Å². The van der Waals surface area contributed by atoms with E-state index in [0.717, 1.165) is 11.1 Å². The van der Waals surface area contributed by atoms with Crippen LogP contribution in [0.2, 0.25) is 0 Å². The highest BCUT2D eigenvalue weighted by Gasteiger charge is 2.31. The van der Waals surface area contributed by atoms with Crippen LogP contribution in [0.25, 0.3) is 17.1 Å². The van der Waals surface area contributed by atoms with Gasteiger partial charge in [-0.2, -0.15) is 5.10 Å². The Labute approximate surface area is 215 Å². The largest absolute Gasteiger partial charge is 0.573 e. The molecule has 0 aliphatic carbocycles. The molecule has 2 heterocycles. The highest BCUT2D eigenvalue weighted by Crippen LogP contribution is 2.24. The molecule has 4 rings (SSSR count). The molecule has 0 atom stereocenters. The first-order valence-corrected chi connectivity index (χ1v) is 11.3. The Bertz CT molecular complexity index is 1330. The van der Waals surface area contributed by atoms with Crippen LogP contribution in [0, 0.1) is 0 Å². The summed E-state index contributed by atoms with van der Waals surface area (Å²) in [6.07, 6.45) is -0.00169. The van der Waals surface area contributed by atoms with Crippen molar-refractivity contribution in [3.05, 3.63) is 84.8 Å². The Balaban J connectivity index is 1.24. The third kappa shape index (κ3) is 8.00. The van der Waals surface area contributed by atoms with Crippen LogP contribution >= 0.6 is 12.2 Å². The van der Waals surface area contributed by atoms with Gasteiger partial charge >= 0.3 is 6.36 Å². The molecule has 0 aliphatic heterocycles. The van der Waals surface area contributed by atoms with Gasteiger partial charge in [-0.15, -0.1) is 18.3 Å². The van der Waals surface area contributed by atoms with Crippen molar-refractivity contribution in [3.8, 4) is 28.7 Å². The summed E-state index contributed by atoms with van der Waals surface area (Å²) < 4.78 is 47.8. The summed E-state index contributed by atoms with van der Waals surface area (Å²) in [5.41, 5.74) is 4.84. The van der Waals surface area contributed by atoms with Crippen LogP contribution in [-0.2, 0) is 0 Å². The number of hydrogen-bond acceptors (Lipinski definition) is 7. The lowest BCUT2D eigenvalue weighted by Crippen LogP contribution is -2.34. The van der Waals surface area contributed by atoms with Crippen molar-refractivity contribution < 1.29 is 22.6 Å². The van der Waals surface area contributed by atoms with Crippen molar-refractivity contribution >= 4 is 23.5 Å². The molecule has 0 fully saturated rings. The van der Waals surface area contributed by atoms with E-state index in [9.17, 15) is 13.2 Å². The second-order valence-corrected chi connectivity index (χ2v) is 7.73. The standard InChI is InChI=1S/C24H20F3N7O2S/c25-24(26,27)36-20-10-8-19(9-11-20)34-16-30-22(33-34)18-6-4-17(5-7-18)15-31-32-23(37)29-13-14-35-21-3-1-2-12-28-21/h1-12,15-16H,13-14H2,(H2,29,32,37)/b31-15+. The molecule has 37 heavy (non-hydrogen) atoms. The zero-order valence-electron chi connectivity index (χ0n) is 19.1. The first kappa shape index (κ1) is 25.6. The van der Waals surface area contributed by atoms with Crippen LogP contribution in [0.4, 0.5) is 13.2 Å². The number of pyridine rings is 1. The van der Waals surface area contributed by atoms with E-state index in [2.05, 4.69) is 35.6 Å². The van der Waals surface area contributed by atoms with Crippen LogP contribution in [0.5, 0.6) is 11.6 Å². The predicted octanol–water partition coefficient (Wildman–Crippen LogP) is 4.10. The monoisotopic (exact) mass is 527 g/mol. The van der Waals surface area contributed by atoms with E-state index in [1.165, 1.54) is 35.3 Å². The second kappa shape index (κ2) is 11.9. The van der Waals surface area contributed by atoms with E-state index >= 15 is 0 Å². The third-order valence-electron chi connectivity index (χ3n) is 4.65. The van der Waals surface area contributed by atoms with Gasteiger partial charge in [0.15, 0.2) is 10.9 Å². The van der Waals surface area contributed by atoms with Crippen molar-refractivity contribution in [1.82, 2.24) is 30.5 Å². The number of thiocarbonyl (C=S) groups is 1. The van der Waals surface area contributed by atoms with Gasteiger partial charge in [0.05, 0.1) is 18.4 Å². The first-order chi connectivity index (χ1) is 17.9. The van der Waals surface area contributed by atoms with Gasteiger partial charge in [0.2, 0.25) is 5.88 Å². The Morgan fingerprint density at radius 2 is 1.81 bits per heavy atom. The first-order valence-electron chi connectivity index (χ1n) is 10.8. The van der Waals surface area contributed by atoms with E-state index in [1.807, 2.05) is 36.4 Å². The SMILES string of the molecule is FC(F)(F)Oc1ccc(-n2cnc(-c3ccc(/C=N/NC(=S)NCCOc4ccccn4)cc3)n2)cc1. The number of halogens is 3. The van der Waals surface area contributed by atoms with Crippen molar-refractivity contribution in [1.29, 1.82) is 0 Å². The molecule has 2 aromatic carbocycles. The second-order valence-electron chi connectivity index (χ2n) is 7.32. The molecule has 0 bridgehead atoms. The number of hydrogen-bond donors (Lipinski definition) is 2. The fourth-order valence-corrected chi connectivity index (χ4v) is 3.15. The molecule has 190 valence electrons. The van der Waals surface area contributed by atoms with Crippen molar-refractivity contribution in [2.24, 2.45) is 5.10 Å². The van der Waals surface area contributed by atoms with E-state index < -0.39 is 6.36 Å². The maximum absolute atomic E-state index is 12.3. The van der Waals surface area contributed by atoms with Gasteiger partial charge in [-0.25, -0.2) is 14.6 Å². The molecule has 13 heteroatoms. The van der Waals surface area contributed by atoms with E-state index in [4.69, 9.17) is 17.0 Å².